The van der Waals surface area contributed by atoms with E-state index in [1.54, 1.807) is 0 Å². The zero-order chi connectivity index (χ0) is 39.1. The molecule has 0 aliphatic heterocycles. The number of hydrogen-bond acceptors (Lipinski definition) is 1. The van der Waals surface area contributed by atoms with Gasteiger partial charge in [-0.05, 0) is 207 Å². The van der Waals surface area contributed by atoms with E-state index in [1.165, 1.54) is 127 Å². The monoisotopic (exact) mass is 733 g/mol. The van der Waals surface area contributed by atoms with Crippen molar-refractivity contribution in [2.45, 2.75) is 66.2 Å². The summed E-state index contributed by atoms with van der Waals surface area (Å²) in [6.07, 6.45) is 0. The van der Waals surface area contributed by atoms with Crippen LogP contribution in [0.15, 0.2) is 140 Å². The Labute approximate surface area is 336 Å². The van der Waals surface area contributed by atoms with Crippen molar-refractivity contribution in [1.29, 1.82) is 0 Å². The van der Waals surface area contributed by atoms with E-state index in [0.29, 0.717) is 0 Å². The fraction of sp³-hybridized carbons (Fsp3) is 0.179. The number of para-hydroxylation sites is 1. The first kappa shape index (κ1) is 34.1. The molecule has 0 unspecified atom stereocenters. The summed E-state index contributed by atoms with van der Waals surface area (Å²) in [6.45, 7) is 18.2. The Morgan fingerprint density at radius 2 is 0.614 bits per heavy atom. The third-order valence-corrected chi connectivity index (χ3v) is 12.9. The van der Waals surface area contributed by atoms with E-state index < -0.39 is 0 Å². The van der Waals surface area contributed by atoms with Gasteiger partial charge in [0.15, 0.2) is 0 Å². The molecule has 2 aliphatic rings. The van der Waals surface area contributed by atoms with Crippen molar-refractivity contribution in [2.24, 2.45) is 0 Å². The average Bonchev–Trinajstić information content (AvgIpc) is 3.18. The maximum absolute atomic E-state index is 2.48. The lowest BCUT2D eigenvalue weighted by atomic mass is 9.77. The number of hydrogen-bond donors (Lipinski definition) is 0. The summed E-state index contributed by atoms with van der Waals surface area (Å²) in [5, 5.41) is 10.3. The number of nitrogens with zero attached hydrogens (tertiary/aromatic N) is 1. The van der Waals surface area contributed by atoms with Gasteiger partial charge in [0.05, 0.1) is 5.69 Å². The maximum Gasteiger partial charge on any atom is 0.0519 e. The van der Waals surface area contributed by atoms with Gasteiger partial charge in [-0.2, -0.15) is 0 Å². The van der Waals surface area contributed by atoms with Gasteiger partial charge >= 0.3 is 0 Å². The molecule has 0 amide bonds. The van der Waals surface area contributed by atoms with Crippen LogP contribution in [0, 0.1) is 13.8 Å². The molecule has 57 heavy (non-hydrogen) atoms. The maximum atomic E-state index is 2.48. The smallest absolute Gasteiger partial charge is 0.0519 e. The van der Waals surface area contributed by atoms with Gasteiger partial charge in [-0.15, -0.1) is 0 Å². The van der Waals surface area contributed by atoms with E-state index in [4.69, 9.17) is 0 Å². The Balaban J connectivity index is 1.01. The molecule has 9 aromatic carbocycles. The summed E-state index contributed by atoms with van der Waals surface area (Å²) < 4.78 is 0. The van der Waals surface area contributed by atoms with E-state index in [-0.39, 0.29) is 10.8 Å². The van der Waals surface area contributed by atoms with E-state index in [2.05, 4.69) is 200 Å². The fourth-order valence-corrected chi connectivity index (χ4v) is 9.60. The summed E-state index contributed by atoms with van der Waals surface area (Å²) in [6, 6.07) is 53.9. The lowest BCUT2D eigenvalue weighted by Gasteiger charge is -2.30. The van der Waals surface area contributed by atoms with Gasteiger partial charge in [0.25, 0.3) is 0 Å². The van der Waals surface area contributed by atoms with Gasteiger partial charge in [0.1, 0.15) is 0 Å². The van der Waals surface area contributed by atoms with Gasteiger partial charge in [-0.25, -0.2) is 0 Å². The quantitative estimate of drug-likeness (QED) is 0.175. The van der Waals surface area contributed by atoms with Crippen LogP contribution in [-0.2, 0) is 10.8 Å². The third-order valence-electron chi connectivity index (χ3n) is 12.9. The van der Waals surface area contributed by atoms with Crippen molar-refractivity contribution >= 4 is 60.2 Å². The first-order valence-electron chi connectivity index (χ1n) is 20.5. The number of benzene rings is 9. The average molecular weight is 734 g/mol. The van der Waals surface area contributed by atoms with Crippen LogP contribution in [0.3, 0.4) is 0 Å². The number of anilines is 3. The summed E-state index contributed by atoms with van der Waals surface area (Å²) in [5.74, 6) is 0. The topological polar surface area (TPSA) is 3.24 Å². The molecule has 9 aromatic rings. The molecule has 0 fully saturated rings. The number of fused-ring (bicyclic) bond motifs is 12. The van der Waals surface area contributed by atoms with Crippen LogP contribution < -0.4 is 4.90 Å². The molecule has 0 aromatic heterocycles. The van der Waals surface area contributed by atoms with Crippen LogP contribution in [0.25, 0.3) is 87.6 Å². The molecule has 0 saturated heterocycles. The second-order valence-electron chi connectivity index (χ2n) is 18.9. The van der Waals surface area contributed by atoms with Crippen molar-refractivity contribution in [1.82, 2.24) is 0 Å². The Bertz CT molecular complexity index is 3000. The van der Waals surface area contributed by atoms with E-state index in [1.807, 2.05) is 0 Å². The molecule has 0 radical (unpaired) electrons. The first-order valence-corrected chi connectivity index (χ1v) is 20.5. The molecular formula is C56H47N. The molecule has 0 atom stereocenters. The molecule has 0 spiro atoms. The van der Waals surface area contributed by atoms with Crippen molar-refractivity contribution in [3.8, 4) is 44.5 Å². The van der Waals surface area contributed by atoms with Crippen molar-refractivity contribution < 1.29 is 0 Å². The molecule has 2 aliphatic carbocycles. The summed E-state index contributed by atoms with van der Waals surface area (Å²) in [5.41, 5.74) is 20.0. The molecule has 11 rings (SSSR count). The van der Waals surface area contributed by atoms with Crippen LogP contribution >= 0.6 is 0 Å². The van der Waals surface area contributed by atoms with E-state index in [0.717, 1.165) is 0 Å². The highest BCUT2D eigenvalue weighted by molar-refractivity contribution is 6.14. The van der Waals surface area contributed by atoms with Gasteiger partial charge < -0.3 is 4.90 Å². The second kappa shape index (κ2) is 11.7. The minimum absolute atomic E-state index is 0.125. The van der Waals surface area contributed by atoms with Gasteiger partial charge in [-0.1, -0.05) is 108 Å². The highest BCUT2D eigenvalue weighted by Crippen LogP contribution is 2.53. The molecule has 0 heterocycles. The van der Waals surface area contributed by atoms with E-state index >= 15 is 0 Å². The van der Waals surface area contributed by atoms with Crippen molar-refractivity contribution in [3.05, 3.63) is 162 Å². The summed E-state index contributed by atoms with van der Waals surface area (Å²) in [7, 11) is 0. The van der Waals surface area contributed by atoms with Crippen LogP contribution in [-0.4, -0.2) is 0 Å². The van der Waals surface area contributed by atoms with E-state index in [9.17, 15) is 0 Å². The molecule has 1 heteroatoms. The van der Waals surface area contributed by atoms with Crippen LogP contribution in [0.5, 0.6) is 0 Å². The first-order chi connectivity index (χ1) is 27.3. The molecule has 0 bridgehead atoms. The lowest BCUT2D eigenvalue weighted by Crippen LogP contribution is -2.13. The van der Waals surface area contributed by atoms with Gasteiger partial charge in [-0.3, -0.25) is 0 Å². The minimum Gasteiger partial charge on any atom is -0.310 e. The highest BCUT2D eigenvalue weighted by Gasteiger charge is 2.27. The predicted molar refractivity (Wildman–Crippen MR) is 247 cm³/mol. The Morgan fingerprint density at radius 3 is 0.947 bits per heavy atom. The second-order valence-corrected chi connectivity index (χ2v) is 18.9. The molecule has 0 saturated carbocycles. The molecule has 276 valence electrons. The Kier molecular flexibility index (Phi) is 6.99. The standard InChI is InChI=1S/C56H47N/c1-32-10-9-11-33(2)54(32)57(44-18-14-36-26-48-50-28-38-20-42(55(3,4)5)16-12-34(38)24-46(50)52(48)30-40(36)22-44)45-19-15-37-27-49-51-29-39-21-43(56(6,7)8)17-13-35(39)25-47(51)53(49)31-41(37)23-45/h9-31H,1-8H3. The Morgan fingerprint density at radius 1 is 0.316 bits per heavy atom. The molecule has 1 nitrogen and oxygen atoms in total. The van der Waals surface area contributed by atoms with Gasteiger partial charge in [0, 0.05) is 11.4 Å². The fourth-order valence-electron chi connectivity index (χ4n) is 9.60. The highest BCUT2D eigenvalue weighted by atomic mass is 15.1. The van der Waals surface area contributed by atoms with Crippen molar-refractivity contribution in [2.75, 3.05) is 4.90 Å². The lowest BCUT2D eigenvalue weighted by molar-refractivity contribution is 0.591. The summed E-state index contributed by atoms with van der Waals surface area (Å²) in [4.78, 5) is 2.48. The number of aryl methyl sites for hydroxylation is 2. The van der Waals surface area contributed by atoms with Crippen LogP contribution in [0.2, 0.25) is 0 Å². The van der Waals surface area contributed by atoms with Crippen LogP contribution in [0.4, 0.5) is 17.1 Å². The molecule has 0 N–H and O–H groups in total. The van der Waals surface area contributed by atoms with Gasteiger partial charge in [0.2, 0.25) is 0 Å². The third kappa shape index (κ3) is 5.21. The normalized spacial score (nSPS) is 12.9. The minimum atomic E-state index is 0.125. The number of rotatable bonds is 3. The summed E-state index contributed by atoms with van der Waals surface area (Å²) >= 11 is 0. The zero-order valence-electron chi connectivity index (χ0n) is 34.2. The SMILES string of the molecule is Cc1cccc(C)c1N(c1ccc2cc3c(cc2c1)-c1cc2ccc(C(C)(C)C)cc2cc1-3)c1ccc2cc3c(cc2c1)-c1cc2ccc(C(C)(C)C)cc2cc1-3. The Hall–Kier alpha value is -6.18. The zero-order valence-corrected chi connectivity index (χ0v) is 34.2. The predicted octanol–water partition coefficient (Wildman–Crippen LogP) is 16.3. The largest absolute Gasteiger partial charge is 0.310 e. The van der Waals surface area contributed by atoms with Crippen LogP contribution in [0.1, 0.15) is 63.8 Å². The van der Waals surface area contributed by atoms with Crippen molar-refractivity contribution in [3.63, 3.8) is 0 Å². The molecular weight excluding hydrogens is 687 g/mol.